The molecule has 1 aliphatic rings. The van der Waals surface area contributed by atoms with Crippen LogP contribution >= 0.6 is 15.9 Å². The van der Waals surface area contributed by atoms with E-state index in [1.165, 1.54) is 12.8 Å². The van der Waals surface area contributed by atoms with Crippen molar-refractivity contribution in [1.29, 1.82) is 0 Å². The van der Waals surface area contributed by atoms with Crippen LogP contribution in [0.25, 0.3) is 10.8 Å². The van der Waals surface area contributed by atoms with E-state index < -0.39 is 0 Å². The van der Waals surface area contributed by atoms with Crippen molar-refractivity contribution >= 4 is 38.3 Å². The molecule has 0 unspecified atom stereocenters. The Morgan fingerprint density at radius 3 is 2.63 bits per heavy atom. The number of carbonyl (C=O) groups excluding carboxylic acids is 1. The number of halogens is 1. The van der Waals surface area contributed by atoms with Crippen LogP contribution in [0.5, 0.6) is 0 Å². The highest BCUT2D eigenvalue weighted by Crippen LogP contribution is 2.29. The Balaban J connectivity index is 1.80. The van der Waals surface area contributed by atoms with Crippen LogP contribution < -0.4 is 10.6 Å². The van der Waals surface area contributed by atoms with E-state index in [1.807, 2.05) is 36.4 Å². The predicted octanol–water partition coefficient (Wildman–Crippen LogP) is 3.29. The van der Waals surface area contributed by atoms with Gasteiger partial charge in [0.15, 0.2) is 0 Å². The molecule has 0 radical (unpaired) electrons. The number of carbonyl (C=O) groups is 1. The lowest BCUT2D eigenvalue weighted by atomic mass is 10.1. The van der Waals surface area contributed by atoms with Crippen molar-refractivity contribution in [3.8, 4) is 0 Å². The Hall–Kier alpha value is -1.39. The van der Waals surface area contributed by atoms with Crippen molar-refractivity contribution in [2.24, 2.45) is 0 Å². The van der Waals surface area contributed by atoms with E-state index in [0.717, 1.165) is 20.9 Å². The van der Waals surface area contributed by atoms with Gasteiger partial charge in [-0.15, -0.1) is 0 Å². The standard InChI is InChI=1S/C15H15BrN2O/c16-13-7-8-14(12-4-2-1-3-11(12)13)18-15(19)9-17-10-5-6-10/h1-4,7-8,10,17H,5-6,9H2,(H,18,19). The lowest BCUT2D eigenvalue weighted by Crippen LogP contribution is -2.29. The molecule has 3 nitrogen and oxygen atoms in total. The van der Waals surface area contributed by atoms with Gasteiger partial charge in [-0.2, -0.15) is 0 Å². The summed E-state index contributed by atoms with van der Waals surface area (Å²) in [5.74, 6) is 0.0133. The molecule has 1 fully saturated rings. The van der Waals surface area contributed by atoms with Crippen molar-refractivity contribution in [3.05, 3.63) is 40.9 Å². The molecule has 2 aromatic rings. The second-order valence-electron chi connectivity index (χ2n) is 4.84. The second kappa shape index (κ2) is 5.31. The number of hydrogen-bond acceptors (Lipinski definition) is 2. The minimum Gasteiger partial charge on any atom is -0.324 e. The van der Waals surface area contributed by atoms with E-state index in [1.54, 1.807) is 0 Å². The fourth-order valence-corrected chi connectivity index (χ4v) is 2.57. The zero-order valence-corrected chi connectivity index (χ0v) is 12.0. The summed E-state index contributed by atoms with van der Waals surface area (Å²) in [6.07, 6.45) is 2.38. The number of nitrogens with one attached hydrogen (secondary N) is 2. The zero-order valence-electron chi connectivity index (χ0n) is 10.4. The molecule has 1 saturated carbocycles. The maximum Gasteiger partial charge on any atom is 0.238 e. The smallest absolute Gasteiger partial charge is 0.238 e. The number of hydrogen-bond donors (Lipinski definition) is 2. The first kappa shape index (κ1) is 12.6. The molecule has 0 atom stereocenters. The van der Waals surface area contributed by atoms with Gasteiger partial charge in [0.1, 0.15) is 0 Å². The zero-order chi connectivity index (χ0) is 13.2. The third-order valence-electron chi connectivity index (χ3n) is 3.27. The van der Waals surface area contributed by atoms with E-state index in [4.69, 9.17) is 0 Å². The van der Waals surface area contributed by atoms with Crippen LogP contribution in [0.4, 0.5) is 5.69 Å². The number of rotatable bonds is 4. The van der Waals surface area contributed by atoms with Gasteiger partial charge in [0.2, 0.25) is 5.91 Å². The highest BCUT2D eigenvalue weighted by atomic mass is 79.9. The van der Waals surface area contributed by atoms with Gasteiger partial charge < -0.3 is 10.6 Å². The van der Waals surface area contributed by atoms with Crippen LogP contribution in [-0.2, 0) is 4.79 Å². The van der Waals surface area contributed by atoms with E-state index in [9.17, 15) is 4.79 Å². The fraction of sp³-hybridized carbons (Fsp3) is 0.267. The van der Waals surface area contributed by atoms with Crippen molar-refractivity contribution < 1.29 is 4.79 Å². The van der Waals surface area contributed by atoms with Gasteiger partial charge in [-0.3, -0.25) is 4.79 Å². The third kappa shape index (κ3) is 2.96. The number of amides is 1. The first-order valence-corrected chi connectivity index (χ1v) is 7.24. The van der Waals surface area contributed by atoms with E-state index in [2.05, 4.69) is 26.6 Å². The van der Waals surface area contributed by atoms with Crippen molar-refractivity contribution in [2.75, 3.05) is 11.9 Å². The van der Waals surface area contributed by atoms with Crippen LogP contribution in [0.1, 0.15) is 12.8 Å². The summed E-state index contributed by atoms with van der Waals surface area (Å²) in [5, 5.41) is 8.35. The van der Waals surface area contributed by atoms with Gasteiger partial charge in [-0.1, -0.05) is 40.2 Å². The third-order valence-corrected chi connectivity index (χ3v) is 3.97. The summed E-state index contributed by atoms with van der Waals surface area (Å²) in [6.45, 7) is 0.384. The molecule has 4 heteroatoms. The summed E-state index contributed by atoms with van der Waals surface area (Å²) in [4.78, 5) is 11.9. The molecule has 2 aromatic carbocycles. The average Bonchev–Trinajstić information content (AvgIpc) is 3.24. The molecule has 3 rings (SSSR count). The molecule has 0 bridgehead atoms. The molecule has 0 saturated heterocycles. The number of fused-ring (bicyclic) bond motifs is 1. The van der Waals surface area contributed by atoms with Crippen LogP contribution in [0.2, 0.25) is 0 Å². The molecule has 98 valence electrons. The van der Waals surface area contributed by atoms with Gasteiger partial charge in [0, 0.05) is 21.6 Å². The molecular weight excluding hydrogens is 304 g/mol. The van der Waals surface area contributed by atoms with Gasteiger partial charge in [0.25, 0.3) is 0 Å². The Labute approximate surface area is 120 Å². The largest absolute Gasteiger partial charge is 0.324 e. The van der Waals surface area contributed by atoms with Crippen LogP contribution in [0.3, 0.4) is 0 Å². The van der Waals surface area contributed by atoms with E-state index in [-0.39, 0.29) is 5.91 Å². The van der Waals surface area contributed by atoms with E-state index in [0.29, 0.717) is 12.6 Å². The predicted molar refractivity (Wildman–Crippen MR) is 81.3 cm³/mol. The Kier molecular flexibility index (Phi) is 3.53. The lowest BCUT2D eigenvalue weighted by Gasteiger charge is -2.10. The first-order valence-electron chi connectivity index (χ1n) is 6.44. The average molecular weight is 319 g/mol. The van der Waals surface area contributed by atoms with E-state index >= 15 is 0 Å². The van der Waals surface area contributed by atoms with Crippen molar-refractivity contribution in [2.45, 2.75) is 18.9 Å². The molecule has 19 heavy (non-hydrogen) atoms. The molecule has 0 heterocycles. The Morgan fingerprint density at radius 1 is 1.16 bits per heavy atom. The van der Waals surface area contributed by atoms with Gasteiger partial charge in [-0.25, -0.2) is 0 Å². The van der Waals surface area contributed by atoms with Gasteiger partial charge in [-0.05, 0) is 30.4 Å². The topological polar surface area (TPSA) is 41.1 Å². The summed E-state index contributed by atoms with van der Waals surface area (Å²) >= 11 is 3.53. The molecular formula is C15H15BrN2O. The number of anilines is 1. The van der Waals surface area contributed by atoms with Crippen LogP contribution in [-0.4, -0.2) is 18.5 Å². The Morgan fingerprint density at radius 2 is 1.89 bits per heavy atom. The fourth-order valence-electron chi connectivity index (χ4n) is 2.09. The second-order valence-corrected chi connectivity index (χ2v) is 5.70. The maximum absolute atomic E-state index is 11.9. The SMILES string of the molecule is O=C(CNC1CC1)Nc1ccc(Br)c2ccccc12. The number of benzene rings is 2. The Bertz CT molecular complexity index is 623. The highest BCUT2D eigenvalue weighted by Gasteiger charge is 2.21. The summed E-state index contributed by atoms with van der Waals surface area (Å²) in [7, 11) is 0. The monoisotopic (exact) mass is 318 g/mol. The highest BCUT2D eigenvalue weighted by molar-refractivity contribution is 9.10. The molecule has 0 aromatic heterocycles. The summed E-state index contributed by atoms with van der Waals surface area (Å²) in [6, 6.07) is 12.5. The first-order chi connectivity index (χ1) is 9.24. The van der Waals surface area contributed by atoms with Crippen molar-refractivity contribution in [1.82, 2.24) is 5.32 Å². The molecule has 1 amide bonds. The van der Waals surface area contributed by atoms with Gasteiger partial charge in [0.05, 0.1) is 6.54 Å². The molecule has 1 aliphatic carbocycles. The van der Waals surface area contributed by atoms with Crippen LogP contribution in [0, 0.1) is 0 Å². The van der Waals surface area contributed by atoms with Crippen molar-refractivity contribution in [3.63, 3.8) is 0 Å². The molecule has 0 aliphatic heterocycles. The quantitative estimate of drug-likeness (QED) is 0.908. The summed E-state index contributed by atoms with van der Waals surface area (Å²) < 4.78 is 1.04. The molecule has 2 N–H and O–H groups in total. The van der Waals surface area contributed by atoms with Crippen LogP contribution in [0.15, 0.2) is 40.9 Å². The van der Waals surface area contributed by atoms with Gasteiger partial charge >= 0.3 is 0 Å². The summed E-state index contributed by atoms with van der Waals surface area (Å²) in [5.41, 5.74) is 0.862. The normalized spacial score (nSPS) is 14.6. The molecule has 0 spiro atoms. The maximum atomic E-state index is 11.9. The minimum absolute atomic E-state index is 0.0133. The minimum atomic E-state index is 0.0133. The lowest BCUT2D eigenvalue weighted by molar-refractivity contribution is -0.115.